The van der Waals surface area contributed by atoms with Gasteiger partial charge in [-0.3, -0.25) is 0 Å². The fraction of sp³-hybridized carbons (Fsp3) is 0.273. The standard InChI is InChI=1S/C22H24N4/c1-15-7-12-20-19(13-15)18-5-4-6-21(22(18)24-20)25-23-14-16-8-10-17(11-9-16)26(2)3/h7-14,24H,4-6H2,1-3H3/b23-14-,25-21+. The second-order valence-corrected chi connectivity index (χ2v) is 7.16. The lowest BCUT2D eigenvalue weighted by Crippen LogP contribution is -2.10. The number of aryl methyl sites for hydroxylation is 2. The number of H-pyrrole nitrogens is 1. The molecule has 0 bridgehead atoms. The molecule has 1 aliphatic rings. The number of rotatable bonds is 3. The molecule has 0 atom stereocenters. The zero-order valence-electron chi connectivity index (χ0n) is 15.6. The second kappa shape index (κ2) is 6.79. The maximum atomic E-state index is 4.54. The summed E-state index contributed by atoms with van der Waals surface area (Å²) in [7, 11) is 4.08. The highest BCUT2D eigenvalue weighted by Crippen LogP contribution is 2.30. The molecule has 0 spiro atoms. The molecule has 4 rings (SSSR count). The summed E-state index contributed by atoms with van der Waals surface area (Å²) >= 11 is 0. The number of aromatic nitrogens is 1. The molecule has 1 aromatic heterocycles. The molecule has 0 aliphatic heterocycles. The monoisotopic (exact) mass is 344 g/mol. The number of benzene rings is 2. The predicted octanol–water partition coefficient (Wildman–Crippen LogP) is 4.70. The van der Waals surface area contributed by atoms with Gasteiger partial charge in [-0.1, -0.05) is 23.8 Å². The van der Waals surface area contributed by atoms with Crippen molar-refractivity contribution in [3.63, 3.8) is 0 Å². The van der Waals surface area contributed by atoms with Gasteiger partial charge in [0, 0.05) is 30.7 Å². The van der Waals surface area contributed by atoms with Gasteiger partial charge in [-0.05, 0) is 61.6 Å². The molecule has 0 amide bonds. The first-order chi connectivity index (χ1) is 12.6. The summed E-state index contributed by atoms with van der Waals surface area (Å²) in [5.41, 5.74) is 8.33. The van der Waals surface area contributed by atoms with Crippen LogP contribution in [0.5, 0.6) is 0 Å². The average molecular weight is 344 g/mol. The van der Waals surface area contributed by atoms with Crippen LogP contribution in [0.3, 0.4) is 0 Å². The van der Waals surface area contributed by atoms with Gasteiger partial charge in [0.1, 0.15) is 0 Å². The maximum absolute atomic E-state index is 4.54. The smallest absolute Gasteiger partial charge is 0.0867 e. The van der Waals surface area contributed by atoms with Crippen molar-refractivity contribution in [2.45, 2.75) is 26.2 Å². The minimum Gasteiger partial charge on any atom is -0.378 e. The summed E-state index contributed by atoms with van der Waals surface area (Å²) in [4.78, 5) is 5.64. The van der Waals surface area contributed by atoms with E-state index in [1.165, 1.54) is 27.7 Å². The molecule has 0 saturated heterocycles. The van der Waals surface area contributed by atoms with E-state index in [1.54, 1.807) is 0 Å². The molecule has 0 unspecified atom stereocenters. The first kappa shape index (κ1) is 16.6. The number of aromatic amines is 1. The van der Waals surface area contributed by atoms with Crippen LogP contribution in [0, 0.1) is 6.92 Å². The largest absolute Gasteiger partial charge is 0.378 e. The van der Waals surface area contributed by atoms with Gasteiger partial charge in [-0.25, -0.2) is 0 Å². The Morgan fingerprint density at radius 2 is 1.85 bits per heavy atom. The molecule has 1 N–H and O–H groups in total. The zero-order chi connectivity index (χ0) is 18.1. The van der Waals surface area contributed by atoms with E-state index in [2.05, 4.69) is 69.5 Å². The average Bonchev–Trinajstić information content (AvgIpc) is 3.01. The number of fused-ring (bicyclic) bond motifs is 3. The third kappa shape index (κ3) is 3.15. The van der Waals surface area contributed by atoms with Gasteiger partial charge in [-0.15, -0.1) is 0 Å². The molecule has 0 radical (unpaired) electrons. The van der Waals surface area contributed by atoms with Crippen molar-refractivity contribution in [2.75, 3.05) is 19.0 Å². The minimum atomic E-state index is 0.968. The van der Waals surface area contributed by atoms with E-state index in [4.69, 9.17) is 0 Å². The molecule has 0 saturated carbocycles. The Labute approximate surface area is 154 Å². The fourth-order valence-electron chi connectivity index (χ4n) is 3.55. The van der Waals surface area contributed by atoms with Gasteiger partial charge in [0.25, 0.3) is 0 Å². The summed E-state index contributed by atoms with van der Waals surface area (Å²) in [6.07, 6.45) is 5.02. The van der Waals surface area contributed by atoms with Gasteiger partial charge in [0.15, 0.2) is 0 Å². The number of nitrogens with one attached hydrogen (secondary N) is 1. The van der Waals surface area contributed by atoms with Crippen LogP contribution in [0.25, 0.3) is 10.9 Å². The number of nitrogens with zero attached hydrogens (tertiary/aromatic N) is 3. The van der Waals surface area contributed by atoms with Crippen LogP contribution in [0.2, 0.25) is 0 Å². The molecular weight excluding hydrogens is 320 g/mol. The van der Waals surface area contributed by atoms with Crippen molar-refractivity contribution < 1.29 is 0 Å². The van der Waals surface area contributed by atoms with Crippen molar-refractivity contribution in [3.05, 3.63) is 64.8 Å². The Hall–Kier alpha value is -2.88. The highest BCUT2D eigenvalue weighted by Gasteiger charge is 2.20. The number of anilines is 1. The van der Waals surface area contributed by atoms with Crippen LogP contribution in [0.1, 0.15) is 35.2 Å². The lowest BCUT2D eigenvalue weighted by atomic mass is 9.94. The summed E-state index contributed by atoms with van der Waals surface area (Å²) in [6.45, 7) is 2.14. The Kier molecular flexibility index (Phi) is 4.33. The Balaban J connectivity index is 1.62. The van der Waals surface area contributed by atoms with Crippen LogP contribution in [-0.2, 0) is 6.42 Å². The van der Waals surface area contributed by atoms with Crippen LogP contribution < -0.4 is 4.90 Å². The molecule has 26 heavy (non-hydrogen) atoms. The van der Waals surface area contributed by atoms with Crippen LogP contribution in [-0.4, -0.2) is 31.0 Å². The van der Waals surface area contributed by atoms with Crippen molar-refractivity contribution >= 4 is 28.5 Å². The summed E-state index contributed by atoms with van der Waals surface area (Å²) in [6, 6.07) is 14.9. The number of hydrogen-bond acceptors (Lipinski definition) is 3. The highest BCUT2D eigenvalue weighted by molar-refractivity contribution is 6.06. The lowest BCUT2D eigenvalue weighted by molar-refractivity contribution is 0.837. The Morgan fingerprint density at radius 3 is 2.62 bits per heavy atom. The molecule has 4 nitrogen and oxygen atoms in total. The molecule has 132 valence electrons. The quantitative estimate of drug-likeness (QED) is 0.543. The SMILES string of the molecule is Cc1ccc2[nH]c3c(c2c1)CCC/C3=N\N=C/c1ccc(N(C)C)cc1. The summed E-state index contributed by atoms with van der Waals surface area (Å²) in [5, 5.41) is 10.2. The normalized spacial score (nSPS) is 15.7. The first-order valence-corrected chi connectivity index (χ1v) is 9.11. The topological polar surface area (TPSA) is 43.8 Å². The lowest BCUT2D eigenvalue weighted by Gasteiger charge is -2.13. The predicted molar refractivity (Wildman–Crippen MR) is 111 cm³/mol. The second-order valence-electron chi connectivity index (χ2n) is 7.16. The van der Waals surface area contributed by atoms with Crippen LogP contribution in [0.15, 0.2) is 52.7 Å². The van der Waals surface area contributed by atoms with Gasteiger partial charge in [0.2, 0.25) is 0 Å². The molecule has 3 aromatic rings. The molecule has 4 heteroatoms. The highest BCUT2D eigenvalue weighted by atomic mass is 15.2. The van der Waals surface area contributed by atoms with Crippen molar-refractivity contribution in [2.24, 2.45) is 10.2 Å². The van der Waals surface area contributed by atoms with Crippen LogP contribution in [0.4, 0.5) is 5.69 Å². The third-order valence-corrected chi connectivity index (χ3v) is 4.99. The van der Waals surface area contributed by atoms with Gasteiger partial charge >= 0.3 is 0 Å². The zero-order valence-corrected chi connectivity index (χ0v) is 15.6. The van der Waals surface area contributed by atoms with Gasteiger partial charge in [0.05, 0.1) is 17.6 Å². The Bertz CT molecular complexity index is 991. The summed E-state index contributed by atoms with van der Waals surface area (Å²) < 4.78 is 0. The Morgan fingerprint density at radius 1 is 1.04 bits per heavy atom. The van der Waals surface area contributed by atoms with Gasteiger partial charge < -0.3 is 9.88 Å². The van der Waals surface area contributed by atoms with E-state index < -0.39 is 0 Å². The first-order valence-electron chi connectivity index (χ1n) is 9.11. The van der Waals surface area contributed by atoms with E-state index >= 15 is 0 Å². The third-order valence-electron chi connectivity index (χ3n) is 4.99. The minimum absolute atomic E-state index is 0.968. The molecule has 1 heterocycles. The molecule has 1 aliphatic carbocycles. The molecule has 0 fully saturated rings. The molecule has 2 aromatic carbocycles. The summed E-state index contributed by atoms with van der Waals surface area (Å²) in [5.74, 6) is 0. The maximum Gasteiger partial charge on any atom is 0.0867 e. The molecular formula is C22H24N4. The van der Waals surface area contributed by atoms with E-state index in [9.17, 15) is 0 Å². The fourth-order valence-corrected chi connectivity index (χ4v) is 3.55. The van der Waals surface area contributed by atoms with Gasteiger partial charge in [-0.2, -0.15) is 10.2 Å². The van der Waals surface area contributed by atoms with Crippen molar-refractivity contribution in [1.29, 1.82) is 0 Å². The van der Waals surface area contributed by atoms with E-state index in [0.717, 1.165) is 36.2 Å². The van der Waals surface area contributed by atoms with Crippen molar-refractivity contribution in [1.82, 2.24) is 4.98 Å². The van der Waals surface area contributed by atoms with Crippen molar-refractivity contribution in [3.8, 4) is 0 Å². The van der Waals surface area contributed by atoms with E-state index in [0.29, 0.717) is 0 Å². The van der Waals surface area contributed by atoms with E-state index in [-0.39, 0.29) is 0 Å². The van der Waals surface area contributed by atoms with E-state index in [1.807, 2.05) is 20.3 Å². The van der Waals surface area contributed by atoms with Crippen LogP contribution >= 0.6 is 0 Å². The number of hydrogen-bond donors (Lipinski definition) is 1.